The molecule has 0 saturated heterocycles. The molecule has 1 aromatic rings. The van der Waals surface area contributed by atoms with Crippen molar-refractivity contribution in [2.75, 3.05) is 13.2 Å². The first-order valence-electron chi connectivity index (χ1n) is 4.65. The largest absolute Gasteiger partial charge is 0.488 e. The first kappa shape index (κ1) is 12.6. The molecule has 0 fully saturated rings. The summed E-state index contributed by atoms with van der Waals surface area (Å²) in [6, 6.07) is 5.93. The summed E-state index contributed by atoms with van der Waals surface area (Å²) in [7, 11) is 0. The van der Waals surface area contributed by atoms with E-state index in [-0.39, 0.29) is 0 Å². The van der Waals surface area contributed by atoms with Gasteiger partial charge < -0.3 is 10.5 Å². The lowest BCUT2D eigenvalue weighted by Crippen LogP contribution is -2.05. The topological polar surface area (TPSA) is 35.2 Å². The van der Waals surface area contributed by atoms with Crippen molar-refractivity contribution in [1.82, 2.24) is 0 Å². The van der Waals surface area contributed by atoms with Gasteiger partial charge in [-0.05, 0) is 46.6 Å². The van der Waals surface area contributed by atoms with E-state index in [9.17, 15) is 0 Å². The average molecular weight is 291 g/mol. The van der Waals surface area contributed by atoms with Crippen molar-refractivity contribution in [3.63, 3.8) is 0 Å². The van der Waals surface area contributed by atoms with Crippen LogP contribution < -0.4 is 10.5 Å². The van der Waals surface area contributed by atoms with Gasteiger partial charge in [-0.25, -0.2) is 0 Å². The Balaban J connectivity index is 2.81. The fourth-order valence-corrected chi connectivity index (χ4v) is 1.83. The van der Waals surface area contributed by atoms with Gasteiger partial charge in [-0.15, -0.1) is 0 Å². The maximum atomic E-state index is 5.59. The van der Waals surface area contributed by atoms with E-state index in [1.54, 1.807) is 6.08 Å². The molecular formula is C11H13BrClNO. The third-order valence-corrected chi connectivity index (χ3v) is 2.68. The molecule has 4 heteroatoms. The number of rotatable bonds is 5. The Labute approximate surface area is 103 Å². The molecular weight excluding hydrogens is 277 g/mol. The highest BCUT2D eigenvalue weighted by atomic mass is 79.9. The molecule has 0 spiro atoms. The monoisotopic (exact) mass is 289 g/mol. The number of halogens is 2. The molecule has 0 aromatic heterocycles. The average Bonchev–Trinajstić information content (AvgIpc) is 2.23. The summed E-state index contributed by atoms with van der Waals surface area (Å²) in [4.78, 5) is 0. The highest BCUT2D eigenvalue weighted by molar-refractivity contribution is 9.10. The fourth-order valence-electron chi connectivity index (χ4n) is 1.24. The number of ether oxygens (including phenoxy) is 1. The minimum Gasteiger partial charge on any atom is -0.488 e. The van der Waals surface area contributed by atoms with Crippen molar-refractivity contribution in [2.24, 2.45) is 5.73 Å². The van der Waals surface area contributed by atoms with Crippen molar-refractivity contribution in [2.45, 2.75) is 6.42 Å². The zero-order valence-corrected chi connectivity index (χ0v) is 10.6. The van der Waals surface area contributed by atoms with Gasteiger partial charge in [-0.3, -0.25) is 0 Å². The van der Waals surface area contributed by atoms with Crippen LogP contribution in [0.2, 0.25) is 0 Å². The number of hydrogen-bond donors (Lipinski definition) is 1. The van der Waals surface area contributed by atoms with Crippen molar-refractivity contribution < 1.29 is 4.74 Å². The van der Waals surface area contributed by atoms with E-state index in [0.717, 1.165) is 22.2 Å². The van der Waals surface area contributed by atoms with E-state index in [4.69, 9.17) is 22.1 Å². The molecule has 2 nitrogen and oxygen atoms in total. The Hall–Kier alpha value is -0.510. The molecule has 82 valence electrons. The van der Waals surface area contributed by atoms with Gasteiger partial charge in [0.25, 0.3) is 0 Å². The third kappa shape index (κ3) is 3.86. The van der Waals surface area contributed by atoms with Crippen LogP contribution in [0.1, 0.15) is 5.56 Å². The Morgan fingerprint density at radius 2 is 2.27 bits per heavy atom. The van der Waals surface area contributed by atoms with E-state index >= 15 is 0 Å². The molecule has 0 aliphatic heterocycles. The van der Waals surface area contributed by atoms with Crippen LogP contribution in [-0.2, 0) is 6.42 Å². The van der Waals surface area contributed by atoms with Crippen molar-refractivity contribution in [1.29, 1.82) is 0 Å². The van der Waals surface area contributed by atoms with Gasteiger partial charge in [0.05, 0.1) is 4.47 Å². The predicted octanol–water partition coefficient (Wildman–Crippen LogP) is 3.08. The van der Waals surface area contributed by atoms with Crippen molar-refractivity contribution in [3.8, 4) is 5.75 Å². The van der Waals surface area contributed by atoms with Crippen LogP contribution in [0.3, 0.4) is 0 Å². The first-order valence-corrected chi connectivity index (χ1v) is 5.88. The number of benzene rings is 1. The standard InChI is InChI=1S/C11H13BrClNO/c12-10-4-1-3-9(5-7-14)11(10)15-8-2-6-13/h1-4,6H,5,7-8,14H2. The Bertz CT molecular complexity index is 341. The molecule has 2 N–H and O–H groups in total. The van der Waals surface area contributed by atoms with Gasteiger partial charge in [-0.1, -0.05) is 23.7 Å². The molecule has 15 heavy (non-hydrogen) atoms. The van der Waals surface area contributed by atoms with E-state index in [1.807, 2.05) is 18.2 Å². The van der Waals surface area contributed by atoms with Crippen LogP contribution in [0.4, 0.5) is 0 Å². The molecule has 0 saturated carbocycles. The second-order valence-corrected chi connectivity index (χ2v) is 4.05. The van der Waals surface area contributed by atoms with E-state index in [2.05, 4.69) is 15.9 Å². The number of nitrogens with two attached hydrogens (primary N) is 1. The minimum atomic E-state index is 0.462. The maximum Gasteiger partial charge on any atom is 0.137 e. The van der Waals surface area contributed by atoms with E-state index in [0.29, 0.717) is 13.2 Å². The Morgan fingerprint density at radius 1 is 1.47 bits per heavy atom. The maximum absolute atomic E-state index is 5.59. The lowest BCUT2D eigenvalue weighted by molar-refractivity contribution is 0.356. The molecule has 0 amide bonds. The second kappa shape index (κ2) is 6.88. The molecule has 1 rings (SSSR count). The summed E-state index contributed by atoms with van der Waals surface area (Å²) >= 11 is 8.86. The van der Waals surface area contributed by atoms with Crippen LogP contribution in [0, 0.1) is 0 Å². The lowest BCUT2D eigenvalue weighted by Gasteiger charge is -2.11. The van der Waals surface area contributed by atoms with Crippen LogP contribution >= 0.6 is 27.5 Å². The van der Waals surface area contributed by atoms with Crippen LogP contribution in [0.15, 0.2) is 34.3 Å². The summed E-state index contributed by atoms with van der Waals surface area (Å²) in [6.07, 6.45) is 2.55. The summed E-state index contributed by atoms with van der Waals surface area (Å²) in [5.41, 5.74) is 8.08. The zero-order chi connectivity index (χ0) is 11.1. The quantitative estimate of drug-likeness (QED) is 0.904. The van der Waals surface area contributed by atoms with Gasteiger partial charge >= 0.3 is 0 Å². The molecule has 0 aliphatic carbocycles. The summed E-state index contributed by atoms with van der Waals surface area (Å²) < 4.78 is 6.53. The summed E-state index contributed by atoms with van der Waals surface area (Å²) in [5.74, 6) is 0.845. The predicted molar refractivity (Wildman–Crippen MR) is 67.4 cm³/mol. The number of para-hydroxylation sites is 1. The minimum absolute atomic E-state index is 0.462. The molecule has 0 heterocycles. The fraction of sp³-hybridized carbons (Fsp3) is 0.273. The van der Waals surface area contributed by atoms with Crippen LogP contribution in [-0.4, -0.2) is 13.2 Å². The zero-order valence-electron chi connectivity index (χ0n) is 8.25. The van der Waals surface area contributed by atoms with Gasteiger partial charge in [-0.2, -0.15) is 0 Å². The lowest BCUT2D eigenvalue weighted by atomic mass is 10.1. The van der Waals surface area contributed by atoms with E-state index < -0.39 is 0 Å². The first-order chi connectivity index (χ1) is 7.29. The van der Waals surface area contributed by atoms with Gasteiger partial charge in [0, 0.05) is 5.54 Å². The molecule has 1 aromatic carbocycles. The van der Waals surface area contributed by atoms with Crippen molar-refractivity contribution in [3.05, 3.63) is 39.8 Å². The molecule has 0 radical (unpaired) electrons. The Kier molecular flexibility index (Phi) is 5.76. The van der Waals surface area contributed by atoms with Gasteiger partial charge in [0.2, 0.25) is 0 Å². The molecule has 0 atom stereocenters. The number of hydrogen-bond acceptors (Lipinski definition) is 2. The summed E-state index contributed by atoms with van der Waals surface area (Å²) in [5, 5.41) is 0. The molecule has 0 unspecified atom stereocenters. The highest BCUT2D eigenvalue weighted by Gasteiger charge is 2.06. The molecule has 0 bridgehead atoms. The van der Waals surface area contributed by atoms with Gasteiger partial charge in [0.15, 0.2) is 0 Å². The smallest absolute Gasteiger partial charge is 0.137 e. The second-order valence-electron chi connectivity index (χ2n) is 2.94. The Morgan fingerprint density at radius 3 is 2.93 bits per heavy atom. The summed E-state index contributed by atoms with van der Waals surface area (Å²) in [6.45, 7) is 1.07. The van der Waals surface area contributed by atoms with E-state index in [1.165, 1.54) is 5.54 Å². The van der Waals surface area contributed by atoms with Crippen molar-refractivity contribution >= 4 is 27.5 Å². The van der Waals surface area contributed by atoms with Gasteiger partial charge in [0.1, 0.15) is 12.4 Å². The third-order valence-electron chi connectivity index (χ3n) is 1.88. The SMILES string of the molecule is NCCc1cccc(Br)c1OCC=CCl. The molecule has 0 aliphatic rings. The highest BCUT2D eigenvalue weighted by Crippen LogP contribution is 2.29. The normalized spacial score (nSPS) is 10.9. The van der Waals surface area contributed by atoms with Crippen LogP contribution in [0.25, 0.3) is 0 Å². The van der Waals surface area contributed by atoms with Crippen LogP contribution in [0.5, 0.6) is 5.75 Å².